The molecule has 0 atom stereocenters. The van der Waals surface area contributed by atoms with E-state index in [4.69, 9.17) is 0 Å². The predicted octanol–water partition coefficient (Wildman–Crippen LogP) is 2.38. The maximum absolute atomic E-state index is 12.0. The Labute approximate surface area is 155 Å². The van der Waals surface area contributed by atoms with E-state index in [0.29, 0.717) is 11.6 Å². The van der Waals surface area contributed by atoms with Crippen LogP contribution in [-0.4, -0.2) is 72.2 Å². The van der Waals surface area contributed by atoms with Crippen LogP contribution in [0.5, 0.6) is 0 Å². The standard InChI is InChI=1S/C20H27N5O/c1-15(2)24-11-13-25(14-12-24)19-10-9-18(21-22-19)16-5-7-17(8-6-16)20(26)23(3)4/h5-10,15H,11-14H2,1-4H3. The average Bonchev–Trinajstić information content (AvgIpc) is 2.67. The van der Waals surface area contributed by atoms with Crippen LogP contribution in [0.3, 0.4) is 0 Å². The van der Waals surface area contributed by atoms with Crippen LogP contribution in [0, 0.1) is 0 Å². The largest absolute Gasteiger partial charge is 0.353 e. The van der Waals surface area contributed by atoms with Crippen molar-refractivity contribution in [3.8, 4) is 11.3 Å². The van der Waals surface area contributed by atoms with Crippen LogP contribution >= 0.6 is 0 Å². The van der Waals surface area contributed by atoms with Crippen molar-refractivity contribution in [1.29, 1.82) is 0 Å². The van der Waals surface area contributed by atoms with Crippen LogP contribution in [0.2, 0.25) is 0 Å². The van der Waals surface area contributed by atoms with Crippen LogP contribution in [0.25, 0.3) is 11.3 Å². The fourth-order valence-electron chi connectivity index (χ4n) is 3.16. The monoisotopic (exact) mass is 353 g/mol. The second kappa shape index (κ2) is 7.83. The Morgan fingerprint density at radius 3 is 2.12 bits per heavy atom. The van der Waals surface area contributed by atoms with Gasteiger partial charge in [-0.1, -0.05) is 12.1 Å². The molecule has 1 aliphatic heterocycles. The highest BCUT2D eigenvalue weighted by molar-refractivity contribution is 5.94. The SMILES string of the molecule is CC(C)N1CCN(c2ccc(-c3ccc(C(=O)N(C)C)cc3)nn2)CC1. The number of piperazine rings is 1. The molecule has 0 N–H and O–H groups in total. The molecule has 0 aliphatic carbocycles. The first-order valence-corrected chi connectivity index (χ1v) is 9.10. The Balaban J connectivity index is 1.67. The van der Waals surface area contributed by atoms with E-state index in [-0.39, 0.29) is 5.91 Å². The molecule has 2 aromatic rings. The second-order valence-electron chi connectivity index (χ2n) is 7.17. The number of benzene rings is 1. The van der Waals surface area contributed by atoms with Gasteiger partial charge in [-0.05, 0) is 38.1 Å². The molecule has 1 aliphatic rings. The van der Waals surface area contributed by atoms with E-state index in [9.17, 15) is 4.79 Å². The number of hydrogen-bond donors (Lipinski definition) is 0. The maximum Gasteiger partial charge on any atom is 0.253 e. The molecular weight excluding hydrogens is 326 g/mol. The summed E-state index contributed by atoms with van der Waals surface area (Å²) in [5.41, 5.74) is 2.45. The molecule has 1 amide bonds. The average molecular weight is 353 g/mol. The summed E-state index contributed by atoms with van der Waals surface area (Å²) in [6.07, 6.45) is 0. The summed E-state index contributed by atoms with van der Waals surface area (Å²) < 4.78 is 0. The van der Waals surface area contributed by atoms with Gasteiger partial charge in [0.2, 0.25) is 0 Å². The van der Waals surface area contributed by atoms with Crippen molar-refractivity contribution < 1.29 is 4.79 Å². The van der Waals surface area contributed by atoms with Crippen LogP contribution < -0.4 is 4.90 Å². The van der Waals surface area contributed by atoms with Crippen molar-refractivity contribution in [2.45, 2.75) is 19.9 Å². The molecule has 1 aromatic carbocycles. The van der Waals surface area contributed by atoms with Crippen LogP contribution in [-0.2, 0) is 0 Å². The Kier molecular flexibility index (Phi) is 5.52. The van der Waals surface area contributed by atoms with Crippen molar-refractivity contribution in [2.24, 2.45) is 0 Å². The van der Waals surface area contributed by atoms with E-state index in [1.807, 2.05) is 36.4 Å². The molecule has 1 fully saturated rings. The van der Waals surface area contributed by atoms with Gasteiger partial charge in [-0.3, -0.25) is 9.69 Å². The molecule has 0 radical (unpaired) electrons. The van der Waals surface area contributed by atoms with Gasteiger partial charge < -0.3 is 9.80 Å². The zero-order valence-electron chi connectivity index (χ0n) is 16.0. The van der Waals surface area contributed by atoms with E-state index in [1.165, 1.54) is 0 Å². The zero-order chi connectivity index (χ0) is 18.7. The normalized spacial score (nSPS) is 15.3. The zero-order valence-corrected chi connectivity index (χ0v) is 16.0. The number of aromatic nitrogens is 2. The molecule has 1 saturated heterocycles. The lowest BCUT2D eigenvalue weighted by molar-refractivity contribution is 0.0827. The number of carbonyl (C=O) groups is 1. The van der Waals surface area contributed by atoms with Crippen LogP contribution in [0.15, 0.2) is 36.4 Å². The molecular formula is C20H27N5O. The topological polar surface area (TPSA) is 52.6 Å². The first-order chi connectivity index (χ1) is 12.5. The van der Waals surface area contributed by atoms with E-state index in [1.54, 1.807) is 19.0 Å². The summed E-state index contributed by atoms with van der Waals surface area (Å²) in [5.74, 6) is 0.926. The van der Waals surface area contributed by atoms with Gasteiger partial charge in [0.1, 0.15) is 0 Å². The molecule has 0 saturated carbocycles. The van der Waals surface area contributed by atoms with E-state index in [0.717, 1.165) is 43.3 Å². The van der Waals surface area contributed by atoms with Crippen molar-refractivity contribution in [3.63, 3.8) is 0 Å². The number of nitrogens with zero attached hydrogens (tertiary/aromatic N) is 5. The molecule has 1 aromatic heterocycles. The minimum atomic E-state index is -0.00137. The lowest BCUT2D eigenvalue weighted by atomic mass is 10.1. The summed E-state index contributed by atoms with van der Waals surface area (Å²) in [6.45, 7) is 8.55. The van der Waals surface area contributed by atoms with Crippen LogP contribution in [0.4, 0.5) is 5.82 Å². The van der Waals surface area contributed by atoms with E-state index in [2.05, 4.69) is 33.8 Å². The number of anilines is 1. The summed E-state index contributed by atoms with van der Waals surface area (Å²) >= 11 is 0. The van der Waals surface area contributed by atoms with Gasteiger partial charge in [-0.25, -0.2) is 0 Å². The molecule has 6 nitrogen and oxygen atoms in total. The third-order valence-corrected chi connectivity index (χ3v) is 4.85. The lowest BCUT2D eigenvalue weighted by Crippen LogP contribution is -2.49. The Morgan fingerprint density at radius 1 is 0.962 bits per heavy atom. The molecule has 0 bridgehead atoms. The predicted molar refractivity (Wildman–Crippen MR) is 104 cm³/mol. The Hall–Kier alpha value is -2.47. The van der Waals surface area contributed by atoms with Gasteiger partial charge >= 0.3 is 0 Å². The van der Waals surface area contributed by atoms with Gasteiger partial charge in [0.15, 0.2) is 5.82 Å². The molecule has 26 heavy (non-hydrogen) atoms. The quantitative estimate of drug-likeness (QED) is 0.845. The minimum absolute atomic E-state index is 0.00137. The van der Waals surface area contributed by atoms with Gasteiger partial charge in [0, 0.05) is 57.4 Å². The summed E-state index contributed by atoms with van der Waals surface area (Å²) in [5, 5.41) is 8.80. The smallest absolute Gasteiger partial charge is 0.253 e. The van der Waals surface area contributed by atoms with Gasteiger partial charge in [0.05, 0.1) is 5.69 Å². The van der Waals surface area contributed by atoms with Gasteiger partial charge in [-0.15, -0.1) is 10.2 Å². The first-order valence-electron chi connectivity index (χ1n) is 9.10. The van der Waals surface area contributed by atoms with Gasteiger partial charge in [-0.2, -0.15) is 0 Å². The molecule has 3 rings (SSSR count). The highest BCUT2D eigenvalue weighted by Gasteiger charge is 2.20. The molecule has 138 valence electrons. The highest BCUT2D eigenvalue weighted by atomic mass is 16.2. The molecule has 6 heteroatoms. The summed E-state index contributed by atoms with van der Waals surface area (Å²) in [6, 6.07) is 12.1. The lowest BCUT2D eigenvalue weighted by Gasteiger charge is -2.37. The fraction of sp³-hybridized carbons (Fsp3) is 0.450. The van der Waals surface area contributed by atoms with Crippen molar-refractivity contribution in [1.82, 2.24) is 20.0 Å². The third kappa shape index (κ3) is 4.02. The molecule has 0 unspecified atom stereocenters. The summed E-state index contributed by atoms with van der Waals surface area (Å²) in [7, 11) is 3.50. The number of carbonyl (C=O) groups excluding carboxylic acids is 1. The number of amides is 1. The van der Waals surface area contributed by atoms with Crippen molar-refractivity contribution in [3.05, 3.63) is 42.0 Å². The fourth-order valence-corrected chi connectivity index (χ4v) is 3.16. The number of hydrogen-bond acceptors (Lipinski definition) is 5. The molecule has 0 spiro atoms. The Bertz CT molecular complexity index is 732. The number of rotatable bonds is 4. The first kappa shape index (κ1) is 18.3. The van der Waals surface area contributed by atoms with Gasteiger partial charge in [0.25, 0.3) is 5.91 Å². The van der Waals surface area contributed by atoms with Crippen molar-refractivity contribution >= 4 is 11.7 Å². The summed E-state index contributed by atoms with van der Waals surface area (Å²) in [4.78, 5) is 18.3. The van der Waals surface area contributed by atoms with E-state index >= 15 is 0 Å². The van der Waals surface area contributed by atoms with Crippen LogP contribution in [0.1, 0.15) is 24.2 Å². The van der Waals surface area contributed by atoms with E-state index < -0.39 is 0 Å². The van der Waals surface area contributed by atoms with Crippen molar-refractivity contribution in [2.75, 3.05) is 45.2 Å². The minimum Gasteiger partial charge on any atom is -0.353 e. The second-order valence-corrected chi connectivity index (χ2v) is 7.17. The maximum atomic E-state index is 12.0. The Morgan fingerprint density at radius 2 is 1.62 bits per heavy atom. The third-order valence-electron chi connectivity index (χ3n) is 4.85. The highest BCUT2D eigenvalue weighted by Crippen LogP contribution is 2.20. The molecule has 2 heterocycles.